The standard InChI is InChI=1S/C24H29N3O2/c1-19-9-11-21(12-10-19)23(28)26-15-17-27(18-16-26)24(29)22(25-13-5-6-14-25)20-7-3-2-4-8-20/h2-4,7-12,22H,5-6,13-18H2,1H3. The third-order valence-corrected chi connectivity index (χ3v) is 6.03. The lowest BCUT2D eigenvalue weighted by Crippen LogP contribution is -2.53. The molecule has 5 heteroatoms. The van der Waals surface area contributed by atoms with Gasteiger partial charge in [0.25, 0.3) is 5.91 Å². The molecule has 2 heterocycles. The molecule has 1 unspecified atom stereocenters. The summed E-state index contributed by atoms with van der Waals surface area (Å²) in [5.74, 6) is 0.219. The van der Waals surface area contributed by atoms with Crippen LogP contribution in [0.5, 0.6) is 0 Å². The van der Waals surface area contributed by atoms with Crippen LogP contribution in [0.1, 0.15) is 40.4 Å². The molecule has 0 N–H and O–H groups in total. The van der Waals surface area contributed by atoms with E-state index in [1.807, 2.05) is 59.2 Å². The first kappa shape index (κ1) is 19.6. The lowest BCUT2D eigenvalue weighted by atomic mass is 10.0. The number of carbonyl (C=O) groups excluding carboxylic acids is 2. The highest BCUT2D eigenvalue weighted by Crippen LogP contribution is 2.27. The number of aryl methyl sites for hydroxylation is 1. The molecule has 0 aliphatic carbocycles. The van der Waals surface area contributed by atoms with E-state index in [4.69, 9.17) is 0 Å². The summed E-state index contributed by atoms with van der Waals surface area (Å²) < 4.78 is 0. The minimum absolute atomic E-state index is 0.0521. The third-order valence-electron chi connectivity index (χ3n) is 6.03. The smallest absolute Gasteiger partial charge is 0.253 e. The van der Waals surface area contributed by atoms with E-state index < -0.39 is 0 Å². The molecule has 29 heavy (non-hydrogen) atoms. The Morgan fingerprint density at radius 3 is 1.97 bits per heavy atom. The van der Waals surface area contributed by atoms with Gasteiger partial charge in [0, 0.05) is 31.7 Å². The van der Waals surface area contributed by atoms with Crippen molar-refractivity contribution >= 4 is 11.8 Å². The van der Waals surface area contributed by atoms with Crippen LogP contribution in [0.3, 0.4) is 0 Å². The zero-order chi connectivity index (χ0) is 20.2. The Labute approximate surface area is 172 Å². The second-order valence-corrected chi connectivity index (χ2v) is 8.04. The lowest BCUT2D eigenvalue weighted by molar-refractivity contribution is -0.138. The van der Waals surface area contributed by atoms with Crippen LogP contribution >= 0.6 is 0 Å². The summed E-state index contributed by atoms with van der Waals surface area (Å²) in [6.07, 6.45) is 2.30. The summed E-state index contributed by atoms with van der Waals surface area (Å²) in [7, 11) is 0. The Kier molecular flexibility index (Phi) is 5.95. The number of likely N-dealkylation sites (tertiary alicyclic amines) is 1. The number of nitrogens with zero attached hydrogens (tertiary/aromatic N) is 3. The molecule has 0 saturated carbocycles. The van der Waals surface area contributed by atoms with Gasteiger partial charge in [-0.2, -0.15) is 0 Å². The van der Waals surface area contributed by atoms with Gasteiger partial charge in [-0.3, -0.25) is 14.5 Å². The van der Waals surface area contributed by atoms with Crippen LogP contribution in [0.25, 0.3) is 0 Å². The highest BCUT2D eigenvalue weighted by Gasteiger charge is 2.34. The minimum Gasteiger partial charge on any atom is -0.337 e. The summed E-state index contributed by atoms with van der Waals surface area (Å²) in [5, 5.41) is 0. The molecule has 0 aromatic heterocycles. The molecule has 2 aromatic rings. The molecule has 5 nitrogen and oxygen atoms in total. The van der Waals surface area contributed by atoms with Crippen molar-refractivity contribution in [2.24, 2.45) is 0 Å². The van der Waals surface area contributed by atoms with Gasteiger partial charge in [0.05, 0.1) is 0 Å². The SMILES string of the molecule is Cc1ccc(C(=O)N2CCN(C(=O)C(c3ccccc3)N3CCCC3)CC2)cc1. The van der Waals surface area contributed by atoms with Gasteiger partial charge in [-0.05, 0) is 50.6 Å². The molecule has 2 fully saturated rings. The zero-order valence-corrected chi connectivity index (χ0v) is 17.1. The first-order valence-corrected chi connectivity index (χ1v) is 10.6. The fourth-order valence-corrected chi connectivity index (χ4v) is 4.33. The van der Waals surface area contributed by atoms with Gasteiger partial charge in [-0.1, -0.05) is 48.0 Å². The minimum atomic E-state index is -0.210. The third kappa shape index (κ3) is 4.35. The number of carbonyl (C=O) groups is 2. The molecule has 1 atom stereocenters. The fourth-order valence-electron chi connectivity index (χ4n) is 4.33. The van der Waals surface area contributed by atoms with Gasteiger partial charge in [0.1, 0.15) is 6.04 Å². The van der Waals surface area contributed by atoms with E-state index >= 15 is 0 Å². The van der Waals surface area contributed by atoms with E-state index in [1.165, 1.54) is 0 Å². The van der Waals surface area contributed by atoms with Crippen LogP contribution in [0.4, 0.5) is 0 Å². The molecule has 0 radical (unpaired) electrons. The number of hydrogen-bond acceptors (Lipinski definition) is 3. The summed E-state index contributed by atoms with van der Waals surface area (Å²) in [6.45, 7) is 6.30. The highest BCUT2D eigenvalue weighted by atomic mass is 16.2. The number of hydrogen-bond donors (Lipinski definition) is 0. The molecule has 0 bridgehead atoms. The Morgan fingerprint density at radius 2 is 1.34 bits per heavy atom. The van der Waals surface area contributed by atoms with E-state index in [2.05, 4.69) is 17.0 Å². The first-order valence-electron chi connectivity index (χ1n) is 10.6. The molecule has 0 spiro atoms. The molecule has 2 saturated heterocycles. The van der Waals surface area contributed by atoms with Crippen molar-refractivity contribution in [2.75, 3.05) is 39.3 Å². The Bertz CT molecular complexity index is 836. The number of benzene rings is 2. The maximum absolute atomic E-state index is 13.5. The van der Waals surface area contributed by atoms with Crippen molar-refractivity contribution in [3.8, 4) is 0 Å². The van der Waals surface area contributed by atoms with E-state index in [-0.39, 0.29) is 17.9 Å². The summed E-state index contributed by atoms with van der Waals surface area (Å²) in [6, 6.07) is 17.6. The van der Waals surface area contributed by atoms with E-state index in [1.54, 1.807) is 0 Å². The van der Waals surface area contributed by atoms with Crippen molar-refractivity contribution in [1.29, 1.82) is 0 Å². The van der Waals surface area contributed by atoms with Crippen LogP contribution in [-0.2, 0) is 4.79 Å². The summed E-state index contributed by atoms with van der Waals surface area (Å²) in [5.41, 5.74) is 2.93. The molecular formula is C24H29N3O2. The molecule has 4 rings (SSSR count). The van der Waals surface area contributed by atoms with Gasteiger partial charge in [-0.15, -0.1) is 0 Å². The summed E-state index contributed by atoms with van der Waals surface area (Å²) >= 11 is 0. The maximum atomic E-state index is 13.5. The first-order chi connectivity index (χ1) is 14.1. The summed E-state index contributed by atoms with van der Waals surface area (Å²) in [4.78, 5) is 32.3. The van der Waals surface area contributed by atoms with Crippen molar-refractivity contribution in [1.82, 2.24) is 14.7 Å². The highest BCUT2D eigenvalue weighted by molar-refractivity contribution is 5.94. The fraction of sp³-hybridized carbons (Fsp3) is 0.417. The quantitative estimate of drug-likeness (QED) is 0.804. The number of piperazine rings is 1. The monoisotopic (exact) mass is 391 g/mol. The van der Waals surface area contributed by atoms with Crippen LogP contribution in [0.15, 0.2) is 54.6 Å². The number of rotatable bonds is 4. The molecule has 2 aliphatic heterocycles. The van der Waals surface area contributed by atoms with E-state index in [9.17, 15) is 9.59 Å². The van der Waals surface area contributed by atoms with E-state index in [0.29, 0.717) is 26.2 Å². The van der Waals surface area contributed by atoms with Crippen LogP contribution in [-0.4, -0.2) is 65.8 Å². The molecule has 152 valence electrons. The van der Waals surface area contributed by atoms with Crippen LogP contribution in [0.2, 0.25) is 0 Å². The van der Waals surface area contributed by atoms with Crippen LogP contribution in [0, 0.1) is 6.92 Å². The number of amides is 2. The van der Waals surface area contributed by atoms with E-state index in [0.717, 1.165) is 42.6 Å². The van der Waals surface area contributed by atoms with Crippen molar-refractivity contribution < 1.29 is 9.59 Å². The Hall–Kier alpha value is -2.66. The molecular weight excluding hydrogens is 362 g/mol. The molecule has 2 amide bonds. The van der Waals surface area contributed by atoms with Crippen molar-refractivity contribution in [3.05, 3.63) is 71.3 Å². The lowest BCUT2D eigenvalue weighted by Gasteiger charge is -2.38. The average molecular weight is 392 g/mol. The van der Waals surface area contributed by atoms with Gasteiger partial charge < -0.3 is 9.80 Å². The predicted molar refractivity (Wildman–Crippen MR) is 114 cm³/mol. The largest absolute Gasteiger partial charge is 0.337 e. The average Bonchev–Trinajstić information content (AvgIpc) is 3.29. The molecule has 2 aromatic carbocycles. The maximum Gasteiger partial charge on any atom is 0.253 e. The van der Waals surface area contributed by atoms with Crippen LogP contribution < -0.4 is 0 Å². The van der Waals surface area contributed by atoms with Gasteiger partial charge in [-0.25, -0.2) is 0 Å². The normalized spacial score (nSPS) is 18.7. The second kappa shape index (κ2) is 8.78. The van der Waals surface area contributed by atoms with Gasteiger partial charge >= 0.3 is 0 Å². The van der Waals surface area contributed by atoms with Crippen molar-refractivity contribution in [3.63, 3.8) is 0 Å². The zero-order valence-electron chi connectivity index (χ0n) is 17.1. The topological polar surface area (TPSA) is 43.9 Å². The van der Waals surface area contributed by atoms with Gasteiger partial charge in [0.15, 0.2) is 0 Å². The van der Waals surface area contributed by atoms with Gasteiger partial charge in [0.2, 0.25) is 5.91 Å². The Morgan fingerprint density at radius 1 is 0.759 bits per heavy atom. The Balaban J connectivity index is 1.43. The van der Waals surface area contributed by atoms with Crippen molar-refractivity contribution in [2.45, 2.75) is 25.8 Å². The predicted octanol–water partition coefficient (Wildman–Crippen LogP) is 3.12. The second-order valence-electron chi connectivity index (χ2n) is 8.04. The molecule has 2 aliphatic rings.